The zero-order valence-electron chi connectivity index (χ0n) is 16.7. The molecule has 0 saturated carbocycles. The number of nitrogens with one attached hydrogen (secondary N) is 1. The Hall–Kier alpha value is -2.90. The fourth-order valence-corrected chi connectivity index (χ4v) is 5.56. The third kappa shape index (κ3) is 3.34. The smallest absolute Gasteiger partial charge is 0.325 e. The van der Waals surface area contributed by atoms with E-state index < -0.39 is 12.0 Å². The molecule has 1 aliphatic heterocycles. The number of hydrogen-bond donors (Lipinski definition) is 2. The van der Waals surface area contributed by atoms with Gasteiger partial charge in [-0.1, -0.05) is 12.1 Å². The zero-order chi connectivity index (χ0) is 20.7. The Balaban J connectivity index is 1.48. The summed E-state index contributed by atoms with van der Waals surface area (Å²) in [7, 11) is 1.62. The summed E-state index contributed by atoms with van der Waals surface area (Å²) in [5, 5.41) is 12.1. The minimum atomic E-state index is -0.830. The highest BCUT2D eigenvalue weighted by molar-refractivity contribution is 7.18. The third-order valence-corrected chi connectivity index (χ3v) is 7.13. The standard InChI is InChI=1S/C23H23N3O3S/c1-29-15-8-9-18-16(11-15)17(12-24-18)21(23(27)28)26-10-4-5-14(13-26)22-25-19-6-2-3-7-20(19)30-22/h2-3,6-9,11-12,14,21,24H,4-5,10,13H2,1H3,(H,27,28)/t14-,21-/m1/s1. The Labute approximate surface area is 178 Å². The lowest BCUT2D eigenvalue weighted by atomic mass is 9.95. The molecule has 30 heavy (non-hydrogen) atoms. The van der Waals surface area contributed by atoms with Crippen molar-refractivity contribution < 1.29 is 14.6 Å². The van der Waals surface area contributed by atoms with Crippen molar-refractivity contribution in [1.82, 2.24) is 14.9 Å². The number of piperidine rings is 1. The van der Waals surface area contributed by atoms with Gasteiger partial charge in [0.15, 0.2) is 0 Å². The number of carbonyl (C=O) groups is 1. The van der Waals surface area contributed by atoms with E-state index in [0.717, 1.165) is 52.1 Å². The van der Waals surface area contributed by atoms with E-state index in [1.807, 2.05) is 42.6 Å². The van der Waals surface area contributed by atoms with E-state index in [1.165, 1.54) is 4.70 Å². The number of fused-ring (bicyclic) bond motifs is 2. The topological polar surface area (TPSA) is 78.5 Å². The molecule has 2 N–H and O–H groups in total. The molecule has 2 atom stereocenters. The van der Waals surface area contributed by atoms with Crippen molar-refractivity contribution in [3.05, 3.63) is 59.2 Å². The third-order valence-electron chi connectivity index (χ3n) is 5.93. The van der Waals surface area contributed by atoms with Crippen LogP contribution in [0.4, 0.5) is 0 Å². The Morgan fingerprint density at radius 3 is 3.00 bits per heavy atom. The Morgan fingerprint density at radius 1 is 1.33 bits per heavy atom. The molecule has 1 fully saturated rings. The molecule has 0 unspecified atom stereocenters. The van der Waals surface area contributed by atoms with Crippen LogP contribution in [0.2, 0.25) is 0 Å². The van der Waals surface area contributed by atoms with Crippen LogP contribution in [0.1, 0.15) is 35.4 Å². The van der Waals surface area contributed by atoms with Gasteiger partial charge in [0, 0.05) is 35.1 Å². The summed E-state index contributed by atoms with van der Waals surface area (Å²) in [5.74, 6) is 0.139. The molecule has 0 bridgehead atoms. The van der Waals surface area contributed by atoms with Crippen molar-refractivity contribution in [3.63, 3.8) is 0 Å². The number of aliphatic carboxylic acids is 1. The van der Waals surface area contributed by atoms with Gasteiger partial charge in [0.25, 0.3) is 0 Å². The second kappa shape index (κ2) is 7.74. The minimum Gasteiger partial charge on any atom is -0.497 e. The number of aromatic amines is 1. The maximum absolute atomic E-state index is 12.4. The van der Waals surface area contributed by atoms with Crippen LogP contribution in [0.3, 0.4) is 0 Å². The molecule has 6 nitrogen and oxygen atoms in total. The first-order valence-electron chi connectivity index (χ1n) is 10.1. The monoisotopic (exact) mass is 421 g/mol. The number of methoxy groups -OCH3 is 1. The van der Waals surface area contributed by atoms with Crippen LogP contribution in [0, 0.1) is 0 Å². The molecule has 0 spiro atoms. The summed E-state index contributed by atoms with van der Waals surface area (Å²) in [6, 6.07) is 13.2. The van der Waals surface area contributed by atoms with E-state index in [1.54, 1.807) is 18.4 Å². The van der Waals surface area contributed by atoms with Gasteiger partial charge in [-0.25, -0.2) is 4.98 Å². The van der Waals surface area contributed by atoms with E-state index in [9.17, 15) is 9.90 Å². The average Bonchev–Trinajstić information content (AvgIpc) is 3.38. The van der Waals surface area contributed by atoms with E-state index in [4.69, 9.17) is 9.72 Å². The highest BCUT2D eigenvalue weighted by atomic mass is 32.1. The first-order valence-corrected chi connectivity index (χ1v) is 10.9. The lowest BCUT2D eigenvalue weighted by molar-refractivity contribution is -0.144. The number of thiazole rings is 1. The SMILES string of the molecule is COc1ccc2[nH]cc([C@H](C(=O)O)N3CCC[C@@H](c4nc5ccccc5s4)C3)c2c1. The van der Waals surface area contributed by atoms with Crippen molar-refractivity contribution in [1.29, 1.82) is 0 Å². The number of benzene rings is 2. The Morgan fingerprint density at radius 2 is 2.20 bits per heavy atom. The van der Waals surface area contributed by atoms with Crippen molar-refractivity contribution in [3.8, 4) is 5.75 Å². The fourth-order valence-electron chi connectivity index (χ4n) is 4.47. The molecule has 2 aromatic carbocycles. The van der Waals surface area contributed by atoms with Gasteiger partial charge < -0.3 is 14.8 Å². The van der Waals surface area contributed by atoms with Gasteiger partial charge in [0.05, 0.1) is 22.3 Å². The molecule has 0 amide bonds. The summed E-state index contributed by atoms with van der Waals surface area (Å²) in [6.07, 6.45) is 3.81. The van der Waals surface area contributed by atoms with Crippen LogP contribution in [-0.4, -0.2) is 46.1 Å². The molecule has 3 heterocycles. The van der Waals surface area contributed by atoms with Gasteiger partial charge in [-0.2, -0.15) is 0 Å². The summed E-state index contributed by atoms with van der Waals surface area (Å²) >= 11 is 1.72. The number of carboxylic acids is 1. The quantitative estimate of drug-likeness (QED) is 0.484. The average molecular weight is 422 g/mol. The normalized spacial score (nSPS) is 18.6. The molecule has 0 radical (unpaired) electrons. The van der Waals surface area contributed by atoms with Gasteiger partial charge in [0.2, 0.25) is 0 Å². The van der Waals surface area contributed by atoms with E-state index in [-0.39, 0.29) is 5.92 Å². The number of H-pyrrole nitrogens is 1. The lowest BCUT2D eigenvalue weighted by Crippen LogP contribution is -2.40. The Kier molecular flexibility index (Phi) is 4.92. The maximum atomic E-state index is 12.4. The summed E-state index contributed by atoms with van der Waals surface area (Å²) < 4.78 is 6.54. The van der Waals surface area contributed by atoms with Crippen LogP contribution in [0.25, 0.3) is 21.1 Å². The largest absolute Gasteiger partial charge is 0.497 e. The highest BCUT2D eigenvalue weighted by Gasteiger charge is 2.34. The van der Waals surface area contributed by atoms with Crippen molar-refractivity contribution in [2.24, 2.45) is 0 Å². The van der Waals surface area contributed by atoms with Gasteiger partial charge in [-0.05, 0) is 49.7 Å². The van der Waals surface area contributed by atoms with Crippen LogP contribution >= 0.6 is 11.3 Å². The maximum Gasteiger partial charge on any atom is 0.325 e. The molecule has 4 aromatic rings. The first kappa shape index (κ1) is 19.1. The number of ether oxygens (including phenoxy) is 1. The van der Waals surface area contributed by atoms with Gasteiger partial charge >= 0.3 is 5.97 Å². The van der Waals surface area contributed by atoms with Gasteiger partial charge in [-0.15, -0.1) is 11.3 Å². The van der Waals surface area contributed by atoms with Crippen molar-refractivity contribution in [2.75, 3.05) is 20.2 Å². The molecule has 2 aromatic heterocycles. The van der Waals surface area contributed by atoms with Crippen molar-refractivity contribution in [2.45, 2.75) is 24.8 Å². The van der Waals surface area contributed by atoms with Gasteiger partial charge in [0.1, 0.15) is 11.8 Å². The molecule has 7 heteroatoms. The predicted octanol–water partition coefficient (Wildman–Crippen LogP) is 4.79. The first-order chi connectivity index (χ1) is 14.6. The lowest BCUT2D eigenvalue weighted by Gasteiger charge is -2.35. The number of nitrogens with zero attached hydrogens (tertiary/aromatic N) is 2. The molecule has 154 valence electrons. The van der Waals surface area contributed by atoms with Crippen LogP contribution in [-0.2, 0) is 4.79 Å². The second-order valence-corrected chi connectivity index (χ2v) is 8.81. The highest BCUT2D eigenvalue weighted by Crippen LogP contribution is 2.38. The number of rotatable bonds is 5. The second-order valence-electron chi connectivity index (χ2n) is 7.75. The molecule has 0 aliphatic carbocycles. The van der Waals surface area contributed by atoms with E-state index >= 15 is 0 Å². The van der Waals surface area contributed by atoms with Crippen LogP contribution in [0.15, 0.2) is 48.7 Å². The fraction of sp³-hybridized carbons (Fsp3) is 0.304. The number of aromatic nitrogens is 2. The Bertz CT molecular complexity index is 1180. The van der Waals surface area contributed by atoms with Gasteiger partial charge in [-0.3, -0.25) is 9.69 Å². The van der Waals surface area contributed by atoms with Crippen molar-refractivity contribution >= 4 is 38.4 Å². The summed E-state index contributed by atoms with van der Waals surface area (Å²) in [6.45, 7) is 1.45. The number of hydrogen-bond acceptors (Lipinski definition) is 5. The number of carboxylic acid groups (broad SMARTS) is 1. The molecular weight excluding hydrogens is 398 g/mol. The van der Waals surface area contributed by atoms with Crippen LogP contribution in [0.5, 0.6) is 5.75 Å². The minimum absolute atomic E-state index is 0.248. The summed E-state index contributed by atoms with van der Waals surface area (Å²) in [4.78, 5) is 22.5. The van der Waals surface area contributed by atoms with Crippen LogP contribution < -0.4 is 4.74 Å². The molecular formula is C23H23N3O3S. The molecule has 1 saturated heterocycles. The zero-order valence-corrected chi connectivity index (χ0v) is 17.5. The number of para-hydroxylation sites is 1. The summed E-state index contributed by atoms with van der Waals surface area (Å²) in [5.41, 5.74) is 2.71. The van der Waals surface area contributed by atoms with E-state index in [2.05, 4.69) is 16.0 Å². The number of likely N-dealkylation sites (tertiary alicyclic amines) is 1. The van der Waals surface area contributed by atoms with E-state index in [0.29, 0.717) is 6.54 Å². The molecule has 1 aliphatic rings. The molecule has 5 rings (SSSR count). The predicted molar refractivity (Wildman–Crippen MR) is 118 cm³/mol.